The summed E-state index contributed by atoms with van der Waals surface area (Å²) in [6, 6.07) is 4.79. The molecular weight excluding hydrogens is 208 g/mol. The summed E-state index contributed by atoms with van der Waals surface area (Å²) in [6.45, 7) is 1.66. The van der Waals surface area contributed by atoms with Crippen LogP contribution in [0, 0.1) is 0 Å². The molecule has 0 bridgehead atoms. The van der Waals surface area contributed by atoms with Crippen LogP contribution in [0.3, 0.4) is 0 Å². The van der Waals surface area contributed by atoms with Crippen molar-refractivity contribution in [3.8, 4) is 5.75 Å². The van der Waals surface area contributed by atoms with E-state index in [4.69, 9.17) is 10.5 Å². The number of carbonyl (C=O) groups excluding carboxylic acids is 1. The lowest BCUT2D eigenvalue weighted by atomic mass is 10.0. The number of aliphatic hydroxyl groups excluding tert-OH is 1. The quantitative estimate of drug-likeness (QED) is 0.676. The second kappa shape index (κ2) is 4.11. The van der Waals surface area contributed by atoms with Crippen LogP contribution >= 0.6 is 0 Å². The van der Waals surface area contributed by atoms with Crippen LogP contribution in [0.15, 0.2) is 18.2 Å². The average Bonchev–Trinajstić information content (AvgIpc) is 2.26. The van der Waals surface area contributed by atoms with Crippen LogP contribution in [-0.2, 0) is 4.79 Å². The molecule has 1 aliphatic heterocycles. The number of nitrogens with two attached hydrogens (primary N) is 1. The third kappa shape index (κ3) is 2.00. The topological polar surface area (TPSA) is 84.6 Å². The third-order valence-corrected chi connectivity index (χ3v) is 2.54. The van der Waals surface area contributed by atoms with Gasteiger partial charge in [0.2, 0.25) is 0 Å². The van der Waals surface area contributed by atoms with Crippen molar-refractivity contribution < 1.29 is 14.6 Å². The monoisotopic (exact) mass is 222 g/mol. The van der Waals surface area contributed by atoms with Crippen molar-refractivity contribution in [2.45, 2.75) is 19.1 Å². The minimum absolute atomic E-state index is 0.0365. The van der Waals surface area contributed by atoms with E-state index in [0.29, 0.717) is 11.4 Å². The first-order valence-electron chi connectivity index (χ1n) is 5.08. The second-order valence-electron chi connectivity index (χ2n) is 3.86. The molecule has 1 aromatic rings. The van der Waals surface area contributed by atoms with Gasteiger partial charge in [0, 0.05) is 0 Å². The van der Waals surface area contributed by atoms with Crippen LogP contribution in [0.25, 0.3) is 0 Å². The molecule has 1 aliphatic rings. The molecular formula is C11H14N2O3. The van der Waals surface area contributed by atoms with E-state index in [0.717, 1.165) is 5.56 Å². The van der Waals surface area contributed by atoms with Crippen LogP contribution in [0.5, 0.6) is 5.75 Å². The van der Waals surface area contributed by atoms with Crippen molar-refractivity contribution in [1.29, 1.82) is 0 Å². The standard InChI is InChI=1S/C11H14N2O3/c1-6(14)11(12)7-2-3-9-8(4-7)13-10(15)5-16-9/h2-4,6,11,14H,5,12H2,1H3,(H,13,15). The molecule has 86 valence electrons. The lowest BCUT2D eigenvalue weighted by molar-refractivity contribution is -0.118. The van der Waals surface area contributed by atoms with Crippen molar-refractivity contribution in [2.24, 2.45) is 5.73 Å². The Kier molecular flexibility index (Phi) is 2.80. The van der Waals surface area contributed by atoms with Gasteiger partial charge in [-0.3, -0.25) is 4.79 Å². The molecule has 1 heterocycles. The SMILES string of the molecule is CC(O)C(N)c1ccc2c(c1)NC(=O)CO2. The zero-order valence-electron chi connectivity index (χ0n) is 8.93. The summed E-state index contributed by atoms with van der Waals surface area (Å²) in [6.07, 6.45) is -0.640. The van der Waals surface area contributed by atoms with Crippen LogP contribution in [0.1, 0.15) is 18.5 Å². The van der Waals surface area contributed by atoms with Gasteiger partial charge in [-0.1, -0.05) is 6.07 Å². The third-order valence-electron chi connectivity index (χ3n) is 2.54. The molecule has 1 aromatic carbocycles. The zero-order valence-corrected chi connectivity index (χ0v) is 8.93. The second-order valence-corrected chi connectivity index (χ2v) is 3.86. The number of amides is 1. The van der Waals surface area contributed by atoms with Crippen molar-refractivity contribution in [1.82, 2.24) is 0 Å². The number of hydrogen-bond donors (Lipinski definition) is 3. The van der Waals surface area contributed by atoms with Crippen molar-refractivity contribution >= 4 is 11.6 Å². The van der Waals surface area contributed by atoms with Gasteiger partial charge in [0.25, 0.3) is 5.91 Å². The summed E-state index contributed by atoms with van der Waals surface area (Å²) in [5.41, 5.74) is 7.17. The Bertz CT molecular complexity index is 418. The Morgan fingerprint density at radius 2 is 2.31 bits per heavy atom. The van der Waals surface area contributed by atoms with Gasteiger partial charge in [-0.05, 0) is 24.6 Å². The molecule has 2 unspecified atom stereocenters. The van der Waals surface area contributed by atoms with E-state index in [-0.39, 0.29) is 12.5 Å². The number of fused-ring (bicyclic) bond motifs is 1. The first kappa shape index (κ1) is 10.9. The van der Waals surface area contributed by atoms with Crippen LogP contribution in [0.4, 0.5) is 5.69 Å². The van der Waals surface area contributed by atoms with Crippen LogP contribution in [-0.4, -0.2) is 23.7 Å². The summed E-state index contributed by atoms with van der Waals surface area (Å²) < 4.78 is 5.22. The molecule has 4 N–H and O–H groups in total. The predicted octanol–water partition coefficient (Wildman–Crippen LogP) is 0.398. The van der Waals surface area contributed by atoms with Gasteiger partial charge in [-0.15, -0.1) is 0 Å². The van der Waals surface area contributed by atoms with E-state index >= 15 is 0 Å². The number of carbonyl (C=O) groups is 1. The molecule has 0 saturated carbocycles. The van der Waals surface area contributed by atoms with Gasteiger partial charge in [0.05, 0.1) is 17.8 Å². The van der Waals surface area contributed by atoms with E-state index < -0.39 is 12.1 Å². The molecule has 2 atom stereocenters. The number of aliphatic hydroxyl groups is 1. The maximum absolute atomic E-state index is 11.1. The fourth-order valence-corrected chi connectivity index (χ4v) is 1.59. The van der Waals surface area contributed by atoms with E-state index in [1.165, 1.54) is 0 Å². The Labute approximate surface area is 93.2 Å². The summed E-state index contributed by atoms with van der Waals surface area (Å²) in [7, 11) is 0. The normalized spacial score (nSPS) is 18.1. The highest BCUT2D eigenvalue weighted by Gasteiger charge is 2.19. The lowest BCUT2D eigenvalue weighted by Crippen LogP contribution is -2.27. The van der Waals surface area contributed by atoms with Gasteiger partial charge >= 0.3 is 0 Å². The van der Waals surface area contributed by atoms with Gasteiger partial charge < -0.3 is 20.9 Å². The molecule has 5 nitrogen and oxygen atoms in total. The first-order chi connectivity index (χ1) is 7.58. The fourth-order valence-electron chi connectivity index (χ4n) is 1.59. The molecule has 0 radical (unpaired) electrons. The predicted molar refractivity (Wildman–Crippen MR) is 59.2 cm³/mol. The summed E-state index contributed by atoms with van der Waals surface area (Å²) in [4.78, 5) is 11.1. The number of benzene rings is 1. The van der Waals surface area contributed by atoms with E-state index in [1.54, 1.807) is 25.1 Å². The lowest BCUT2D eigenvalue weighted by Gasteiger charge is -2.21. The largest absolute Gasteiger partial charge is 0.482 e. The molecule has 1 amide bonds. The zero-order chi connectivity index (χ0) is 11.7. The molecule has 16 heavy (non-hydrogen) atoms. The first-order valence-corrected chi connectivity index (χ1v) is 5.08. The smallest absolute Gasteiger partial charge is 0.262 e. The summed E-state index contributed by atoms with van der Waals surface area (Å²) in [5.74, 6) is 0.441. The van der Waals surface area contributed by atoms with Gasteiger partial charge in [-0.25, -0.2) is 0 Å². The minimum atomic E-state index is -0.640. The molecule has 0 spiro atoms. The Hall–Kier alpha value is -1.59. The molecule has 0 aromatic heterocycles. The van der Waals surface area contributed by atoms with Crippen molar-refractivity contribution in [3.05, 3.63) is 23.8 Å². The summed E-state index contributed by atoms with van der Waals surface area (Å²) >= 11 is 0. The van der Waals surface area contributed by atoms with Crippen LogP contribution in [0.2, 0.25) is 0 Å². The molecule has 0 aliphatic carbocycles. The number of rotatable bonds is 2. The average molecular weight is 222 g/mol. The van der Waals surface area contributed by atoms with Gasteiger partial charge in [-0.2, -0.15) is 0 Å². The van der Waals surface area contributed by atoms with E-state index in [9.17, 15) is 9.90 Å². The number of anilines is 1. The molecule has 0 saturated heterocycles. The molecule has 5 heteroatoms. The van der Waals surface area contributed by atoms with E-state index in [2.05, 4.69) is 5.32 Å². The van der Waals surface area contributed by atoms with E-state index in [1.807, 2.05) is 0 Å². The van der Waals surface area contributed by atoms with Gasteiger partial charge in [0.1, 0.15) is 5.75 Å². The summed E-state index contributed by atoms with van der Waals surface area (Å²) in [5, 5.41) is 12.1. The number of hydrogen-bond acceptors (Lipinski definition) is 4. The minimum Gasteiger partial charge on any atom is -0.482 e. The maximum Gasteiger partial charge on any atom is 0.262 e. The Morgan fingerprint density at radius 1 is 1.56 bits per heavy atom. The maximum atomic E-state index is 11.1. The number of ether oxygens (including phenoxy) is 1. The van der Waals surface area contributed by atoms with Crippen molar-refractivity contribution in [2.75, 3.05) is 11.9 Å². The highest BCUT2D eigenvalue weighted by molar-refractivity contribution is 5.95. The van der Waals surface area contributed by atoms with Crippen molar-refractivity contribution in [3.63, 3.8) is 0 Å². The van der Waals surface area contributed by atoms with Gasteiger partial charge in [0.15, 0.2) is 6.61 Å². The molecule has 0 fully saturated rings. The molecule has 2 rings (SSSR count). The fraction of sp³-hybridized carbons (Fsp3) is 0.364. The Balaban J connectivity index is 2.31. The Morgan fingerprint density at radius 3 is 3.00 bits per heavy atom. The number of nitrogens with one attached hydrogen (secondary N) is 1. The highest BCUT2D eigenvalue weighted by Crippen LogP contribution is 2.30. The van der Waals surface area contributed by atoms with Crippen LogP contribution < -0.4 is 15.8 Å². The highest BCUT2D eigenvalue weighted by atomic mass is 16.5.